The van der Waals surface area contributed by atoms with Crippen molar-refractivity contribution in [2.45, 2.75) is 32.4 Å². The van der Waals surface area contributed by atoms with Crippen LogP contribution in [-0.2, 0) is 13.6 Å². The number of halogens is 1. The van der Waals surface area contributed by atoms with Crippen LogP contribution in [0.2, 0.25) is 5.15 Å². The Kier molecular flexibility index (Phi) is 4.86. The third kappa shape index (κ3) is 3.86. The van der Waals surface area contributed by atoms with E-state index in [0.717, 1.165) is 41.0 Å². The lowest BCUT2D eigenvalue weighted by Gasteiger charge is -2.11. The van der Waals surface area contributed by atoms with Gasteiger partial charge in [0.1, 0.15) is 0 Å². The van der Waals surface area contributed by atoms with Crippen LogP contribution in [0.1, 0.15) is 34.5 Å². The Balaban J connectivity index is 1.46. The normalized spacial score (nSPS) is 13.5. The van der Waals surface area contributed by atoms with Gasteiger partial charge in [-0.1, -0.05) is 17.7 Å². The van der Waals surface area contributed by atoms with Crippen molar-refractivity contribution in [3.8, 4) is 11.3 Å². The van der Waals surface area contributed by atoms with Gasteiger partial charge in [-0.2, -0.15) is 10.2 Å². The molecule has 0 atom stereocenters. The number of carbonyl (C=O) groups excluding carboxylic acids is 1. The fourth-order valence-electron chi connectivity index (χ4n) is 3.59. The van der Waals surface area contributed by atoms with E-state index >= 15 is 0 Å². The van der Waals surface area contributed by atoms with Crippen LogP contribution in [0.5, 0.6) is 0 Å². The van der Waals surface area contributed by atoms with E-state index in [1.54, 1.807) is 23.0 Å². The first-order chi connectivity index (χ1) is 15.0. The van der Waals surface area contributed by atoms with Crippen molar-refractivity contribution in [3.63, 3.8) is 0 Å². The zero-order chi connectivity index (χ0) is 21.5. The van der Waals surface area contributed by atoms with Gasteiger partial charge in [-0.05, 0) is 43.5 Å². The lowest BCUT2D eigenvalue weighted by atomic mass is 10.0. The number of imidazole rings is 1. The fraction of sp³-hybridized carbons (Fsp3) is 0.273. The molecular formula is C22H22ClN7O. The highest BCUT2D eigenvalue weighted by Crippen LogP contribution is 2.28. The average molecular weight is 436 g/mol. The third-order valence-corrected chi connectivity index (χ3v) is 5.68. The molecule has 1 aliphatic carbocycles. The first-order valence-electron chi connectivity index (χ1n) is 10.2. The molecule has 0 aliphatic heterocycles. The van der Waals surface area contributed by atoms with Crippen LogP contribution in [0, 0.1) is 6.92 Å². The number of amides is 1. The molecule has 3 heterocycles. The van der Waals surface area contributed by atoms with Gasteiger partial charge in [-0.3, -0.25) is 9.48 Å². The molecular weight excluding hydrogens is 414 g/mol. The monoisotopic (exact) mass is 435 g/mol. The van der Waals surface area contributed by atoms with Crippen molar-refractivity contribution in [2.75, 3.05) is 5.32 Å². The summed E-state index contributed by atoms with van der Waals surface area (Å²) in [6.07, 6.45) is 5.66. The summed E-state index contributed by atoms with van der Waals surface area (Å²) in [6.45, 7) is 2.52. The average Bonchev–Trinajstić information content (AvgIpc) is 3.29. The van der Waals surface area contributed by atoms with Crippen LogP contribution in [0.15, 0.2) is 42.7 Å². The van der Waals surface area contributed by atoms with Gasteiger partial charge in [0, 0.05) is 36.5 Å². The highest BCUT2D eigenvalue weighted by Gasteiger charge is 2.24. The van der Waals surface area contributed by atoms with Crippen LogP contribution in [0.25, 0.3) is 16.9 Å². The predicted molar refractivity (Wildman–Crippen MR) is 119 cm³/mol. The Bertz CT molecular complexity index is 1290. The number of carbonyl (C=O) groups is 1. The number of hydrogen-bond donors (Lipinski definition) is 2. The number of rotatable bonds is 6. The molecule has 1 saturated carbocycles. The second kappa shape index (κ2) is 7.70. The van der Waals surface area contributed by atoms with Gasteiger partial charge in [-0.25, -0.2) is 9.50 Å². The number of anilines is 1. The SMILES string of the molecule is Cc1cc(-c2cnc3c(NCc4ccnn4C)cc(Cl)nn23)ccc1C(=O)NC1CC1. The minimum atomic E-state index is -0.0208. The number of aromatic nitrogens is 5. The number of fused-ring (bicyclic) bond motifs is 1. The van der Waals surface area contributed by atoms with Crippen molar-refractivity contribution in [1.29, 1.82) is 0 Å². The molecule has 0 unspecified atom stereocenters. The van der Waals surface area contributed by atoms with Crippen LogP contribution in [0.3, 0.4) is 0 Å². The summed E-state index contributed by atoms with van der Waals surface area (Å²) in [5.41, 5.74) is 5.81. The van der Waals surface area contributed by atoms with E-state index in [0.29, 0.717) is 29.0 Å². The second-order valence-electron chi connectivity index (χ2n) is 7.84. The van der Waals surface area contributed by atoms with Crippen molar-refractivity contribution in [1.82, 2.24) is 29.7 Å². The molecule has 9 heteroatoms. The second-order valence-corrected chi connectivity index (χ2v) is 8.22. The Morgan fingerprint density at radius 1 is 1.26 bits per heavy atom. The van der Waals surface area contributed by atoms with Gasteiger partial charge >= 0.3 is 0 Å². The summed E-state index contributed by atoms with van der Waals surface area (Å²) in [4.78, 5) is 17.0. The Morgan fingerprint density at radius 2 is 2.10 bits per heavy atom. The van der Waals surface area contributed by atoms with Gasteiger partial charge in [0.25, 0.3) is 5.91 Å². The van der Waals surface area contributed by atoms with Crippen LogP contribution in [0.4, 0.5) is 5.69 Å². The van der Waals surface area contributed by atoms with Crippen molar-refractivity contribution >= 4 is 28.8 Å². The summed E-state index contributed by atoms with van der Waals surface area (Å²) in [6, 6.07) is 9.80. The van der Waals surface area contributed by atoms with E-state index in [-0.39, 0.29) is 5.91 Å². The summed E-state index contributed by atoms with van der Waals surface area (Å²) >= 11 is 6.31. The molecule has 1 aliphatic rings. The summed E-state index contributed by atoms with van der Waals surface area (Å²) in [7, 11) is 1.90. The molecule has 0 bridgehead atoms. The number of aryl methyl sites for hydroxylation is 2. The van der Waals surface area contributed by atoms with Gasteiger partial charge in [0.05, 0.1) is 29.8 Å². The first-order valence-corrected chi connectivity index (χ1v) is 10.5. The summed E-state index contributed by atoms with van der Waals surface area (Å²) in [5, 5.41) is 15.4. The van der Waals surface area contributed by atoms with Crippen LogP contribution in [-0.4, -0.2) is 36.3 Å². The van der Waals surface area contributed by atoms with E-state index in [1.807, 2.05) is 42.9 Å². The van der Waals surface area contributed by atoms with Gasteiger partial charge in [0.15, 0.2) is 10.8 Å². The smallest absolute Gasteiger partial charge is 0.251 e. The Labute approximate surface area is 184 Å². The number of nitrogens with one attached hydrogen (secondary N) is 2. The molecule has 0 saturated heterocycles. The van der Waals surface area contributed by atoms with E-state index in [1.165, 1.54) is 0 Å². The largest absolute Gasteiger partial charge is 0.376 e. The Morgan fingerprint density at radius 3 is 2.81 bits per heavy atom. The molecule has 5 rings (SSSR count). The zero-order valence-corrected chi connectivity index (χ0v) is 18.0. The van der Waals surface area contributed by atoms with Crippen molar-refractivity contribution in [3.05, 3.63) is 64.7 Å². The molecule has 31 heavy (non-hydrogen) atoms. The maximum atomic E-state index is 12.4. The quantitative estimate of drug-likeness (QED) is 0.483. The highest BCUT2D eigenvalue weighted by atomic mass is 35.5. The van der Waals surface area contributed by atoms with Gasteiger partial charge in [0.2, 0.25) is 0 Å². The first kappa shape index (κ1) is 19.6. The van der Waals surface area contributed by atoms with E-state index in [9.17, 15) is 4.79 Å². The molecule has 4 aromatic rings. The molecule has 1 fully saturated rings. The topological polar surface area (TPSA) is 89.1 Å². The minimum absolute atomic E-state index is 0.0208. The molecule has 8 nitrogen and oxygen atoms in total. The summed E-state index contributed by atoms with van der Waals surface area (Å²) in [5.74, 6) is -0.0208. The summed E-state index contributed by atoms with van der Waals surface area (Å²) < 4.78 is 3.54. The zero-order valence-electron chi connectivity index (χ0n) is 17.3. The third-order valence-electron chi connectivity index (χ3n) is 5.50. The van der Waals surface area contributed by atoms with Crippen molar-refractivity contribution < 1.29 is 4.79 Å². The highest BCUT2D eigenvalue weighted by molar-refractivity contribution is 6.29. The number of benzene rings is 1. The molecule has 2 N–H and O–H groups in total. The fourth-order valence-corrected chi connectivity index (χ4v) is 3.78. The van der Waals surface area contributed by atoms with Gasteiger partial charge < -0.3 is 10.6 Å². The lowest BCUT2D eigenvalue weighted by molar-refractivity contribution is 0.0950. The molecule has 1 amide bonds. The maximum absolute atomic E-state index is 12.4. The molecule has 0 spiro atoms. The number of hydrogen-bond acceptors (Lipinski definition) is 5. The van der Waals surface area contributed by atoms with E-state index < -0.39 is 0 Å². The van der Waals surface area contributed by atoms with Crippen LogP contribution < -0.4 is 10.6 Å². The molecule has 158 valence electrons. The maximum Gasteiger partial charge on any atom is 0.251 e. The number of nitrogens with zero attached hydrogens (tertiary/aromatic N) is 5. The lowest BCUT2D eigenvalue weighted by Crippen LogP contribution is -2.26. The van der Waals surface area contributed by atoms with Gasteiger partial charge in [-0.15, -0.1) is 0 Å². The molecule has 0 radical (unpaired) electrons. The molecule has 1 aromatic carbocycles. The molecule has 3 aromatic heterocycles. The standard InChI is InChI=1S/C22H22ClN7O/c1-13-9-14(3-6-17(13)22(31)27-15-4-5-15)19-12-25-21-18(10-20(23)28-30(19)21)24-11-16-7-8-26-29(16)2/h3,6-10,12,15,24H,4-5,11H2,1-2H3,(H,27,31). The predicted octanol–water partition coefficient (Wildman–Crippen LogP) is 3.60. The minimum Gasteiger partial charge on any atom is -0.376 e. The van der Waals surface area contributed by atoms with E-state index in [2.05, 4.69) is 25.8 Å². The van der Waals surface area contributed by atoms with Crippen LogP contribution >= 0.6 is 11.6 Å². The van der Waals surface area contributed by atoms with E-state index in [4.69, 9.17) is 11.6 Å². The van der Waals surface area contributed by atoms with Crippen molar-refractivity contribution in [2.24, 2.45) is 7.05 Å². The Hall–Kier alpha value is -3.39.